The first-order chi connectivity index (χ1) is 10.9. The van der Waals surface area contributed by atoms with E-state index < -0.39 is 0 Å². The summed E-state index contributed by atoms with van der Waals surface area (Å²) in [6.07, 6.45) is 8.93. The smallest absolute Gasteiger partial charge is 0.138 e. The molecule has 3 heterocycles. The van der Waals surface area contributed by atoms with E-state index in [9.17, 15) is 0 Å². The summed E-state index contributed by atoms with van der Waals surface area (Å²) in [5.41, 5.74) is 2.48. The highest BCUT2D eigenvalue weighted by Gasteiger charge is 2.38. The predicted molar refractivity (Wildman–Crippen MR) is 86.8 cm³/mol. The monoisotopic (exact) mass is 294 g/mol. The lowest BCUT2D eigenvalue weighted by atomic mass is 9.85. The van der Waals surface area contributed by atoms with Crippen LogP contribution in [-0.4, -0.2) is 17.1 Å². The molecule has 3 nitrogen and oxygen atoms in total. The molecule has 3 atom stereocenters. The SMILES string of the molecule is c1ccc(COc2cncc(CC3CC4CCC3N4)c2)cc1. The van der Waals surface area contributed by atoms with Crippen molar-refractivity contribution in [1.82, 2.24) is 10.3 Å². The van der Waals surface area contributed by atoms with Crippen molar-refractivity contribution in [3.8, 4) is 5.75 Å². The lowest BCUT2D eigenvalue weighted by Gasteiger charge is -2.20. The van der Waals surface area contributed by atoms with E-state index in [1.54, 1.807) is 0 Å². The van der Waals surface area contributed by atoms with Crippen LogP contribution in [0.3, 0.4) is 0 Å². The molecule has 2 saturated heterocycles. The number of nitrogens with one attached hydrogen (secondary N) is 1. The fourth-order valence-electron chi connectivity index (χ4n) is 3.86. The highest BCUT2D eigenvalue weighted by Crippen LogP contribution is 2.35. The van der Waals surface area contributed by atoms with Gasteiger partial charge in [-0.3, -0.25) is 4.98 Å². The van der Waals surface area contributed by atoms with Gasteiger partial charge in [-0.25, -0.2) is 0 Å². The minimum Gasteiger partial charge on any atom is -0.487 e. The van der Waals surface area contributed by atoms with Crippen LogP contribution in [0.25, 0.3) is 0 Å². The highest BCUT2D eigenvalue weighted by atomic mass is 16.5. The Balaban J connectivity index is 1.38. The van der Waals surface area contributed by atoms with Gasteiger partial charge in [0.2, 0.25) is 0 Å². The molecule has 2 aromatic rings. The molecule has 0 aliphatic carbocycles. The third-order valence-electron chi connectivity index (χ3n) is 4.95. The van der Waals surface area contributed by atoms with Gasteiger partial charge in [0.1, 0.15) is 12.4 Å². The number of nitrogens with zero attached hydrogens (tertiary/aromatic N) is 1. The molecule has 1 N–H and O–H groups in total. The molecule has 2 bridgehead atoms. The van der Waals surface area contributed by atoms with Crippen LogP contribution in [0.4, 0.5) is 0 Å². The molecule has 1 aromatic heterocycles. The summed E-state index contributed by atoms with van der Waals surface area (Å²) in [5.74, 6) is 1.64. The number of fused-ring (bicyclic) bond motifs is 2. The molecular formula is C19H22N2O. The number of aromatic nitrogens is 1. The number of hydrogen-bond acceptors (Lipinski definition) is 3. The molecule has 114 valence electrons. The van der Waals surface area contributed by atoms with Crippen LogP contribution in [0, 0.1) is 5.92 Å². The molecule has 2 aliphatic rings. The highest BCUT2D eigenvalue weighted by molar-refractivity contribution is 5.25. The van der Waals surface area contributed by atoms with Gasteiger partial charge in [0.25, 0.3) is 0 Å². The van der Waals surface area contributed by atoms with Gasteiger partial charge < -0.3 is 10.1 Å². The zero-order valence-electron chi connectivity index (χ0n) is 12.7. The molecule has 2 fully saturated rings. The zero-order chi connectivity index (χ0) is 14.8. The third-order valence-corrected chi connectivity index (χ3v) is 4.95. The van der Waals surface area contributed by atoms with Crippen LogP contribution < -0.4 is 10.1 Å². The summed E-state index contributed by atoms with van der Waals surface area (Å²) in [6, 6.07) is 13.9. The molecule has 1 aromatic carbocycles. The van der Waals surface area contributed by atoms with E-state index in [2.05, 4.69) is 28.5 Å². The molecule has 4 rings (SSSR count). The number of benzene rings is 1. The Morgan fingerprint density at radius 1 is 1.09 bits per heavy atom. The van der Waals surface area contributed by atoms with Gasteiger partial charge in [0.05, 0.1) is 6.20 Å². The number of rotatable bonds is 5. The lowest BCUT2D eigenvalue weighted by Crippen LogP contribution is -2.24. The normalized spacial score (nSPS) is 26.3. The van der Waals surface area contributed by atoms with Gasteiger partial charge in [-0.2, -0.15) is 0 Å². The Morgan fingerprint density at radius 3 is 2.77 bits per heavy atom. The maximum absolute atomic E-state index is 5.88. The van der Waals surface area contributed by atoms with Gasteiger partial charge in [0, 0.05) is 18.3 Å². The third kappa shape index (κ3) is 3.00. The summed E-state index contributed by atoms with van der Waals surface area (Å²) < 4.78 is 5.88. The lowest BCUT2D eigenvalue weighted by molar-refractivity contribution is 0.304. The second kappa shape index (κ2) is 6.09. The Kier molecular flexibility index (Phi) is 3.81. The van der Waals surface area contributed by atoms with Crippen LogP contribution in [0.5, 0.6) is 5.75 Å². The van der Waals surface area contributed by atoms with Gasteiger partial charge in [0.15, 0.2) is 0 Å². The maximum Gasteiger partial charge on any atom is 0.138 e. The Morgan fingerprint density at radius 2 is 2.00 bits per heavy atom. The largest absolute Gasteiger partial charge is 0.487 e. The molecule has 0 radical (unpaired) electrons. The van der Waals surface area contributed by atoms with E-state index in [1.165, 1.54) is 30.4 Å². The zero-order valence-corrected chi connectivity index (χ0v) is 12.7. The maximum atomic E-state index is 5.88. The number of pyridine rings is 1. The fraction of sp³-hybridized carbons (Fsp3) is 0.421. The van der Waals surface area contributed by atoms with Gasteiger partial charge in [-0.1, -0.05) is 30.3 Å². The van der Waals surface area contributed by atoms with E-state index in [4.69, 9.17) is 4.74 Å². The van der Waals surface area contributed by atoms with Crippen molar-refractivity contribution in [1.29, 1.82) is 0 Å². The summed E-state index contributed by atoms with van der Waals surface area (Å²) >= 11 is 0. The standard InChI is InChI=1S/C19H22N2O/c1-2-4-14(5-3-1)13-22-18-9-15(11-20-12-18)8-16-10-17-6-7-19(16)21-17/h1-5,9,11-12,16-17,19,21H,6-8,10,13H2. The van der Waals surface area contributed by atoms with E-state index in [0.717, 1.165) is 30.2 Å². The van der Waals surface area contributed by atoms with Crippen molar-refractivity contribution in [2.24, 2.45) is 5.92 Å². The molecule has 2 aliphatic heterocycles. The van der Waals surface area contributed by atoms with Crippen molar-refractivity contribution in [2.45, 2.75) is 44.4 Å². The molecule has 3 unspecified atom stereocenters. The van der Waals surface area contributed by atoms with Crippen LogP contribution in [0.2, 0.25) is 0 Å². The summed E-state index contributed by atoms with van der Waals surface area (Å²) in [7, 11) is 0. The number of hydrogen-bond donors (Lipinski definition) is 1. The van der Waals surface area contributed by atoms with Crippen LogP contribution in [-0.2, 0) is 13.0 Å². The van der Waals surface area contributed by atoms with Crippen LogP contribution in [0.1, 0.15) is 30.4 Å². The molecular weight excluding hydrogens is 272 g/mol. The minimum absolute atomic E-state index is 0.599. The first-order valence-corrected chi connectivity index (χ1v) is 8.23. The van der Waals surface area contributed by atoms with E-state index in [-0.39, 0.29) is 0 Å². The second-order valence-electron chi connectivity index (χ2n) is 6.55. The van der Waals surface area contributed by atoms with E-state index >= 15 is 0 Å². The van der Waals surface area contributed by atoms with Crippen molar-refractivity contribution in [2.75, 3.05) is 0 Å². The van der Waals surface area contributed by atoms with E-state index in [1.807, 2.05) is 30.6 Å². The van der Waals surface area contributed by atoms with Gasteiger partial charge in [-0.05, 0) is 48.8 Å². The molecule has 22 heavy (non-hydrogen) atoms. The topological polar surface area (TPSA) is 34.1 Å². The average molecular weight is 294 g/mol. The minimum atomic E-state index is 0.599. The summed E-state index contributed by atoms with van der Waals surface area (Å²) in [5, 5.41) is 3.71. The van der Waals surface area contributed by atoms with Crippen molar-refractivity contribution < 1.29 is 4.74 Å². The molecule has 0 amide bonds. The Bertz CT molecular complexity index is 628. The fourth-order valence-corrected chi connectivity index (χ4v) is 3.86. The Labute approximate surface area is 131 Å². The first kappa shape index (κ1) is 13.8. The molecule has 0 saturated carbocycles. The quantitative estimate of drug-likeness (QED) is 0.918. The van der Waals surface area contributed by atoms with Crippen LogP contribution >= 0.6 is 0 Å². The summed E-state index contributed by atoms with van der Waals surface area (Å²) in [6.45, 7) is 0.599. The number of ether oxygens (including phenoxy) is 1. The van der Waals surface area contributed by atoms with E-state index in [0.29, 0.717) is 6.61 Å². The first-order valence-electron chi connectivity index (χ1n) is 8.23. The Hall–Kier alpha value is -1.87. The van der Waals surface area contributed by atoms with Crippen molar-refractivity contribution >= 4 is 0 Å². The van der Waals surface area contributed by atoms with Crippen molar-refractivity contribution in [3.05, 3.63) is 59.9 Å². The molecule has 0 spiro atoms. The molecule has 3 heteroatoms. The van der Waals surface area contributed by atoms with Gasteiger partial charge in [-0.15, -0.1) is 0 Å². The van der Waals surface area contributed by atoms with Gasteiger partial charge >= 0.3 is 0 Å². The van der Waals surface area contributed by atoms with Crippen molar-refractivity contribution in [3.63, 3.8) is 0 Å². The summed E-state index contributed by atoms with van der Waals surface area (Å²) in [4.78, 5) is 4.36. The average Bonchev–Trinajstić information content (AvgIpc) is 3.17. The second-order valence-corrected chi connectivity index (χ2v) is 6.55. The predicted octanol–water partition coefficient (Wildman–Crippen LogP) is 3.34. The van der Waals surface area contributed by atoms with Crippen LogP contribution in [0.15, 0.2) is 48.8 Å².